The van der Waals surface area contributed by atoms with Crippen molar-refractivity contribution < 1.29 is 4.79 Å². The largest absolute Gasteiger partial charge is 0.369 e. The summed E-state index contributed by atoms with van der Waals surface area (Å²) in [5.41, 5.74) is 9.16. The molecule has 0 saturated heterocycles. The summed E-state index contributed by atoms with van der Waals surface area (Å²) in [5.74, 6) is 0.526. The van der Waals surface area contributed by atoms with E-state index in [0.717, 1.165) is 5.92 Å². The Hall–Kier alpha value is -1.31. The molecule has 2 N–H and O–H groups in total. The van der Waals surface area contributed by atoms with Gasteiger partial charge in [-0.15, -0.1) is 0 Å². The molecule has 2 nitrogen and oxygen atoms in total. The summed E-state index contributed by atoms with van der Waals surface area (Å²) in [5, 5.41) is 0. The van der Waals surface area contributed by atoms with Crippen LogP contribution in [-0.2, 0) is 4.79 Å². The second-order valence-electron chi connectivity index (χ2n) is 6.25. The second kappa shape index (κ2) is 14.3. The van der Waals surface area contributed by atoms with Gasteiger partial charge in [-0.2, -0.15) is 0 Å². The Bertz CT molecular complexity index is 398. The molecule has 1 amide bonds. The maximum atomic E-state index is 9.92. The summed E-state index contributed by atoms with van der Waals surface area (Å²) >= 11 is 0. The van der Waals surface area contributed by atoms with Crippen LogP contribution in [0.3, 0.4) is 0 Å². The van der Waals surface area contributed by atoms with Gasteiger partial charge in [0.2, 0.25) is 5.91 Å². The average Bonchev–Trinajstić information content (AvgIpc) is 2.48. The van der Waals surface area contributed by atoms with E-state index in [9.17, 15) is 4.79 Å². The Labute approximate surface area is 144 Å². The number of benzene rings is 1. The third-order valence-corrected chi connectivity index (χ3v) is 3.56. The summed E-state index contributed by atoms with van der Waals surface area (Å²) in [4.78, 5) is 9.92. The number of primary amides is 1. The topological polar surface area (TPSA) is 43.1 Å². The van der Waals surface area contributed by atoms with E-state index >= 15 is 0 Å². The van der Waals surface area contributed by atoms with E-state index in [0.29, 0.717) is 0 Å². The second-order valence-corrected chi connectivity index (χ2v) is 6.25. The summed E-state index contributed by atoms with van der Waals surface area (Å²) < 4.78 is 0. The molecule has 0 saturated carbocycles. The monoisotopic (exact) mass is 321 g/mol. The predicted octanol–water partition coefficient (Wildman–Crippen LogP) is 6.14. The quantitative estimate of drug-likeness (QED) is 0.671. The Balaban J connectivity index is 0. The van der Waals surface area contributed by atoms with E-state index in [1.165, 1.54) is 36.8 Å². The van der Waals surface area contributed by atoms with Gasteiger partial charge in [-0.25, -0.2) is 0 Å². The van der Waals surface area contributed by atoms with Crippen molar-refractivity contribution in [1.29, 1.82) is 0 Å². The molecule has 0 unspecified atom stereocenters. The van der Waals surface area contributed by atoms with Gasteiger partial charge in [-0.1, -0.05) is 83.7 Å². The number of carbonyl (C=O) groups is 1. The third-order valence-electron chi connectivity index (χ3n) is 3.56. The van der Waals surface area contributed by atoms with Crippen LogP contribution in [0.1, 0.15) is 89.8 Å². The maximum Gasteiger partial charge on any atom is 0.219 e. The fourth-order valence-corrected chi connectivity index (χ4v) is 2.42. The van der Waals surface area contributed by atoms with Crippen LogP contribution in [0, 0.1) is 19.8 Å². The molecule has 134 valence electrons. The molecule has 0 aromatic heterocycles. The van der Waals surface area contributed by atoms with E-state index in [-0.39, 0.29) is 11.8 Å². The molecule has 0 heterocycles. The fraction of sp³-hybridized carbons (Fsp3) is 0.667. The van der Waals surface area contributed by atoms with Gasteiger partial charge in [0, 0.05) is 5.92 Å². The lowest BCUT2D eigenvalue weighted by Gasteiger charge is -2.17. The molecule has 0 aliphatic heterocycles. The van der Waals surface area contributed by atoms with E-state index in [4.69, 9.17) is 5.73 Å². The number of carbonyl (C=O) groups excluding carboxylic acids is 1. The van der Waals surface area contributed by atoms with Crippen molar-refractivity contribution in [2.45, 2.75) is 87.0 Å². The van der Waals surface area contributed by atoms with Crippen molar-refractivity contribution in [3.8, 4) is 0 Å². The van der Waals surface area contributed by atoms with E-state index < -0.39 is 0 Å². The molecule has 0 spiro atoms. The third kappa shape index (κ3) is 11.9. The molecule has 2 heteroatoms. The highest BCUT2D eigenvalue weighted by molar-refractivity contribution is 5.75. The van der Waals surface area contributed by atoms with Crippen LogP contribution in [0.5, 0.6) is 0 Å². The van der Waals surface area contributed by atoms with Crippen LogP contribution in [0.15, 0.2) is 18.2 Å². The first-order valence-electron chi connectivity index (χ1n) is 9.19. The van der Waals surface area contributed by atoms with Gasteiger partial charge >= 0.3 is 0 Å². The van der Waals surface area contributed by atoms with Gasteiger partial charge in [-0.3, -0.25) is 4.79 Å². The summed E-state index contributed by atoms with van der Waals surface area (Å²) in [6, 6.07) is 6.99. The Morgan fingerprint density at radius 1 is 0.957 bits per heavy atom. The minimum absolute atomic E-state index is 0.00926. The van der Waals surface area contributed by atoms with Crippen molar-refractivity contribution in [2.75, 3.05) is 0 Å². The van der Waals surface area contributed by atoms with Crippen LogP contribution < -0.4 is 5.73 Å². The molecule has 0 aliphatic rings. The zero-order chi connectivity index (χ0) is 18.4. The van der Waals surface area contributed by atoms with Crippen LogP contribution in [0.2, 0.25) is 0 Å². The summed E-state index contributed by atoms with van der Waals surface area (Å²) in [6.45, 7) is 16.5. The highest BCUT2D eigenvalue weighted by atomic mass is 16.1. The lowest BCUT2D eigenvalue weighted by molar-refractivity contribution is -0.120. The Morgan fingerprint density at radius 2 is 1.30 bits per heavy atom. The van der Waals surface area contributed by atoms with Gasteiger partial charge < -0.3 is 5.73 Å². The molecule has 1 rings (SSSR count). The SMILES string of the molecule is CC.CC(C)C(N)=O.CCCC(CCC)c1cc(C)cc(C)c1. The fourth-order valence-electron chi connectivity index (χ4n) is 2.42. The van der Waals surface area contributed by atoms with Crippen LogP contribution in [-0.4, -0.2) is 5.91 Å². The lowest BCUT2D eigenvalue weighted by Crippen LogP contribution is -2.17. The number of aryl methyl sites for hydroxylation is 2. The number of nitrogens with two attached hydrogens (primary N) is 1. The first-order chi connectivity index (χ1) is 10.8. The van der Waals surface area contributed by atoms with Crippen LogP contribution >= 0.6 is 0 Å². The van der Waals surface area contributed by atoms with Crippen LogP contribution in [0.25, 0.3) is 0 Å². The number of amides is 1. The molecular weight excluding hydrogens is 282 g/mol. The van der Waals surface area contributed by atoms with Crippen molar-refractivity contribution in [3.63, 3.8) is 0 Å². The Kier molecular flexibility index (Phi) is 14.9. The van der Waals surface area contributed by atoms with E-state index in [1.54, 1.807) is 19.4 Å². The zero-order valence-electron chi connectivity index (χ0n) is 16.7. The van der Waals surface area contributed by atoms with Crippen molar-refractivity contribution in [1.82, 2.24) is 0 Å². The lowest BCUT2D eigenvalue weighted by atomic mass is 9.88. The molecule has 0 fully saturated rings. The number of hydrogen-bond acceptors (Lipinski definition) is 1. The Morgan fingerprint density at radius 3 is 1.57 bits per heavy atom. The molecule has 0 atom stereocenters. The van der Waals surface area contributed by atoms with Crippen molar-refractivity contribution in [3.05, 3.63) is 34.9 Å². The highest BCUT2D eigenvalue weighted by Crippen LogP contribution is 2.27. The smallest absolute Gasteiger partial charge is 0.219 e. The molecule has 1 aromatic carbocycles. The average molecular weight is 322 g/mol. The molecule has 23 heavy (non-hydrogen) atoms. The number of hydrogen-bond donors (Lipinski definition) is 1. The van der Waals surface area contributed by atoms with Crippen molar-refractivity contribution in [2.24, 2.45) is 11.7 Å². The van der Waals surface area contributed by atoms with Gasteiger partial charge in [0.05, 0.1) is 0 Å². The molecule has 1 aromatic rings. The van der Waals surface area contributed by atoms with E-state index in [1.807, 2.05) is 13.8 Å². The molecule has 0 aliphatic carbocycles. The van der Waals surface area contributed by atoms with Gasteiger partial charge in [0.25, 0.3) is 0 Å². The minimum Gasteiger partial charge on any atom is -0.369 e. The van der Waals surface area contributed by atoms with Crippen LogP contribution in [0.4, 0.5) is 0 Å². The molecule has 0 bridgehead atoms. The zero-order valence-corrected chi connectivity index (χ0v) is 16.7. The van der Waals surface area contributed by atoms with Gasteiger partial charge in [0.1, 0.15) is 0 Å². The maximum absolute atomic E-state index is 9.92. The number of rotatable bonds is 6. The van der Waals surface area contributed by atoms with Gasteiger partial charge in [-0.05, 0) is 38.2 Å². The normalized spacial score (nSPS) is 9.83. The van der Waals surface area contributed by atoms with Gasteiger partial charge in [0.15, 0.2) is 0 Å². The predicted molar refractivity (Wildman–Crippen MR) is 104 cm³/mol. The summed E-state index contributed by atoms with van der Waals surface area (Å²) in [6.07, 6.45) is 5.24. The first kappa shape index (κ1) is 23.9. The minimum atomic E-state index is -0.241. The first-order valence-corrected chi connectivity index (χ1v) is 9.19. The highest BCUT2D eigenvalue weighted by Gasteiger charge is 2.10. The molecular formula is C21H39NO. The van der Waals surface area contributed by atoms with E-state index in [2.05, 4.69) is 45.9 Å². The summed E-state index contributed by atoms with van der Waals surface area (Å²) in [7, 11) is 0. The molecule has 0 radical (unpaired) electrons. The van der Waals surface area contributed by atoms with Crippen molar-refractivity contribution >= 4 is 5.91 Å². The standard InChI is InChI=1S/C15H24.C4H9NO.C2H6/c1-5-7-14(8-6-2)15-10-12(3)9-13(4)11-15;1-3(2)4(5)6;1-2/h9-11,14H,5-8H2,1-4H3;3H,1-2H3,(H2,5,6);1-2H3.